The molecular weight excluding hydrogens is 312 g/mol. The smallest absolute Gasteiger partial charge is 0.255 e. The molecule has 7 heteroatoms. The molecule has 0 unspecified atom stereocenters. The molecular formula is C17H18N2O5. The molecule has 2 amide bonds. The van der Waals surface area contributed by atoms with Gasteiger partial charge in [-0.05, 0) is 24.3 Å². The van der Waals surface area contributed by atoms with Crippen molar-refractivity contribution in [3.8, 4) is 17.2 Å². The zero-order chi connectivity index (χ0) is 17.5. The standard InChI is InChI=1S/C17H18N2O5/c1-24-15-5-3-2-4-14(15)17(23)19-7-6-18-16(22)11-8-12(20)10-13(21)9-11/h2-5,8-10,20-21H,6-7H2,1H3,(H,18,22)(H,19,23). The van der Waals surface area contributed by atoms with Crippen LogP contribution in [0.5, 0.6) is 17.2 Å². The highest BCUT2D eigenvalue weighted by molar-refractivity contribution is 5.97. The Kier molecular flexibility index (Phi) is 5.62. The van der Waals surface area contributed by atoms with Crippen molar-refractivity contribution in [2.24, 2.45) is 0 Å². The molecule has 2 rings (SSSR count). The predicted octanol–water partition coefficient (Wildman–Crippen LogP) is 1.27. The fourth-order valence-corrected chi connectivity index (χ4v) is 2.11. The number of phenolic OH excluding ortho intramolecular Hbond substituents is 2. The molecule has 0 saturated heterocycles. The molecule has 0 spiro atoms. The SMILES string of the molecule is COc1ccccc1C(=O)NCCNC(=O)c1cc(O)cc(O)c1. The number of ether oxygens (including phenoxy) is 1. The van der Waals surface area contributed by atoms with Crippen LogP contribution < -0.4 is 15.4 Å². The van der Waals surface area contributed by atoms with Gasteiger partial charge >= 0.3 is 0 Å². The first kappa shape index (κ1) is 17.1. The first-order valence-electron chi connectivity index (χ1n) is 7.23. The summed E-state index contributed by atoms with van der Waals surface area (Å²) in [7, 11) is 1.48. The molecule has 126 valence electrons. The van der Waals surface area contributed by atoms with Crippen molar-refractivity contribution in [1.82, 2.24) is 10.6 Å². The molecule has 2 aromatic rings. The second-order valence-corrected chi connectivity index (χ2v) is 4.95. The van der Waals surface area contributed by atoms with Gasteiger partial charge in [0.05, 0.1) is 12.7 Å². The van der Waals surface area contributed by atoms with E-state index in [4.69, 9.17) is 4.74 Å². The average molecular weight is 330 g/mol. The second kappa shape index (κ2) is 7.87. The van der Waals surface area contributed by atoms with Gasteiger partial charge in [-0.25, -0.2) is 0 Å². The maximum absolute atomic E-state index is 12.1. The van der Waals surface area contributed by atoms with Gasteiger partial charge in [-0.3, -0.25) is 9.59 Å². The molecule has 0 radical (unpaired) electrons. The molecule has 0 aliphatic carbocycles. The van der Waals surface area contributed by atoms with Crippen molar-refractivity contribution < 1.29 is 24.5 Å². The highest BCUT2D eigenvalue weighted by Gasteiger charge is 2.11. The van der Waals surface area contributed by atoms with Crippen LogP contribution in [-0.4, -0.2) is 42.2 Å². The summed E-state index contributed by atoms with van der Waals surface area (Å²) in [6.07, 6.45) is 0. The van der Waals surface area contributed by atoms with Crippen molar-refractivity contribution in [2.75, 3.05) is 20.2 Å². The molecule has 0 bridgehead atoms. The van der Waals surface area contributed by atoms with Crippen LogP contribution in [0.25, 0.3) is 0 Å². The summed E-state index contributed by atoms with van der Waals surface area (Å²) in [5.74, 6) is -0.715. The summed E-state index contributed by atoms with van der Waals surface area (Å²) in [6, 6.07) is 10.4. The summed E-state index contributed by atoms with van der Waals surface area (Å²) in [6.45, 7) is 0.406. The van der Waals surface area contributed by atoms with E-state index in [1.165, 1.54) is 19.2 Å². The zero-order valence-corrected chi connectivity index (χ0v) is 13.1. The van der Waals surface area contributed by atoms with E-state index >= 15 is 0 Å². The second-order valence-electron chi connectivity index (χ2n) is 4.95. The number of nitrogens with one attached hydrogen (secondary N) is 2. The number of hydrogen-bond acceptors (Lipinski definition) is 5. The van der Waals surface area contributed by atoms with Crippen molar-refractivity contribution in [1.29, 1.82) is 0 Å². The number of carbonyl (C=O) groups excluding carboxylic acids is 2. The molecule has 2 aromatic carbocycles. The topological polar surface area (TPSA) is 108 Å². The monoisotopic (exact) mass is 330 g/mol. The number of para-hydroxylation sites is 1. The van der Waals surface area contributed by atoms with E-state index in [0.29, 0.717) is 11.3 Å². The molecule has 24 heavy (non-hydrogen) atoms. The van der Waals surface area contributed by atoms with Crippen LogP contribution in [-0.2, 0) is 0 Å². The molecule has 4 N–H and O–H groups in total. The van der Waals surface area contributed by atoms with Crippen molar-refractivity contribution in [3.63, 3.8) is 0 Å². The number of rotatable bonds is 6. The van der Waals surface area contributed by atoms with Gasteiger partial charge in [0.25, 0.3) is 11.8 Å². The minimum absolute atomic E-state index is 0.128. The highest BCUT2D eigenvalue weighted by atomic mass is 16.5. The van der Waals surface area contributed by atoms with Gasteiger partial charge in [0, 0.05) is 24.7 Å². The third-order valence-corrected chi connectivity index (χ3v) is 3.21. The maximum Gasteiger partial charge on any atom is 0.255 e. The molecule has 0 heterocycles. The number of methoxy groups -OCH3 is 1. The number of phenols is 2. The van der Waals surface area contributed by atoms with Crippen molar-refractivity contribution in [3.05, 3.63) is 53.6 Å². The lowest BCUT2D eigenvalue weighted by molar-refractivity contribution is 0.0925. The van der Waals surface area contributed by atoms with E-state index < -0.39 is 5.91 Å². The van der Waals surface area contributed by atoms with E-state index in [-0.39, 0.29) is 36.1 Å². The van der Waals surface area contributed by atoms with Crippen LogP contribution in [0.15, 0.2) is 42.5 Å². The van der Waals surface area contributed by atoms with Crippen molar-refractivity contribution >= 4 is 11.8 Å². The zero-order valence-electron chi connectivity index (χ0n) is 13.1. The lowest BCUT2D eigenvalue weighted by Crippen LogP contribution is -2.34. The summed E-state index contributed by atoms with van der Waals surface area (Å²) in [4.78, 5) is 24.0. The fourth-order valence-electron chi connectivity index (χ4n) is 2.11. The van der Waals surface area contributed by atoms with Gasteiger partial charge in [0.15, 0.2) is 0 Å². The first-order valence-corrected chi connectivity index (χ1v) is 7.23. The van der Waals surface area contributed by atoms with E-state index in [1.54, 1.807) is 24.3 Å². The average Bonchev–Trinajstić information content (AvgIpc) is 2.57. The summed E-state index contributed by atoms with van der Waals surface area (Å²) in [5, 5.41) is 24.0. The molecule has 0 aliphatic heterocycles. The predicted molar refractivity (Wildman–Crippen MR) is 87.4 cm³/mol. The molecule has 0 aliphatic rings. The van der Waals surface area contributed by atoms with Gasteiger partial charge in [0.1, 0.15) is 17.2 Å². The largest absolute Gasteiger partial charge is 0.508 e. The number of hydrogen-bond donors (Lipinski definition) is 4. The lowest BCUT2D eigenvalue weighted by atomic mass is 10.2. The number of amides is 2. The Labute approximate surface area is 138 Å². The van der Waals surface area contributed by atoms with Gasteiger partial charge in [-0.1, -0.05) is 12.1 Å². The summed E-state index contributed by atoms with van der Waals surface area (Å²) in [5.41, 5.74) is 0.535. The Morgan fingerprint density at radius 2 is 1.54 bits per heavy atom. The van der Waals surface area contributed by atoms with Gasteiger partial charge in [-0.2, -0.15) is 0 Å². The van der Waals surface area contributed by atoms with Gasteiger partial charge < -0.3 is 25.6 Å². The number of carbonyl (C=O) groups is 2. The minimum Gasteiger partial charge on any atom is -0.508 e. The van der Waals surface area contributed by atoms with Crippen LogP contribution >= 0.6 is 0 Å². The fraction of sp³-hybridized carbons (Fsp3) is 0.176. The number of benzene rings is 2. The normalized spacial score (nSPS) is 10.0. The molecule has 0 fully saturated rings. The Morgan fingerprint density at radius 1 is 0.958 bits per heavy atom. The third-order valence-electron chi connectivity index (χ3n) is 3.21. The highest BCUT2D eigenvalue weighted by Crippen LogP contribution is 2.20. The Balaban J connectivity index is 1.84. The Morgan fingerprint density at radius 3 is 2.17 bits per heavy atom. The van der Waals surface area contributed by atoms with E-state index in [1.807, 2.05) is 0 Å². The third kappa shape index (κ3) is 4.39. The molecule has 7 nitrogen and oxygen atoms in total. The minimum atomic E-state index is -0.465. The van der Waals surface area contributed by atoms with Gasteiger partial charge in [-0.15, -0.1) is 0 Å². The van der Waals surface area contributed by atoms with E-state index in [2.05, 4.69) is 10.6 Å². The van der Waals surface area contributed by atoms with Crippen LogP contribution in [0.2, 0.25) is 0 Å². The number of aromatic hydroxyl groups is 2. The molecule has 0 aromatic heterocycles. The quantitative estimate of drug-likeness (QED) is 0.597. The Hall–Kier alpha value is -3.22. The maximum atomic E-state index is 12.1. The lowest BCUT2D eigenvalue weighted by Gasteiger charge is -2.10. The molecule has 0 atom stereocenters. The molecule has 0 saturated carbocycles. The van der Waals surface area contributed by atoms with Crippen LogP contribution in [0.1, 0.15) is 20.7 Å². The first-order chi connectivity index (χ1) is 11.5. The van der Waals surface area contributed by atoms with E-state index in [0.717, 1.165) is 6.07 Å². The van der Waals surface area contributed by atoms with Crippen LogP contribution in [0.4, 0.5) is 0 Å². The van der Waals surface area contributed by atoms with Crippen LogP contribution in [0, 0.1) is 0 Å². The van der Waals surface area contributed by atoms with Crippen LogP contribution in [0.3, 0.4) is 0 Å². The van der Waals surface area contributed by atoms with E-state index in [9.17, 15) is 19.8 Å². The summed E-state index contributed by atoms with van der Waals surface area (Å²) < 4.78 is 5.11. The van der Waals surface area contributed by atoms with Crippen molar-refractivity contribution in [2.45, 2.75) is 0 Å². The summed E-state index contributed by atoms with van der Waals surface area (Å²) >= 11 is 0. The van der Waals surface area contributed by atoms with Gasteiger partial charge in [0.2, 0.25) is 0 Å². The Bertz CT molecular complexity index is 725.